The summed E-state index contributed by atoms with van der Waals surface area (Å²) in [6.07, 6.45) is 2.87. The van der Waals surface area contributed by atoms with Gasteiger partial charge in [0.25, 0.3) is 0 Å². The van der Waals surface area contributed by atoms with E-state index in [1.54, 1.807) is 0 Å². The van der Waals surface area contributed by atoms with Crippen molar-refractivity contribution in [3.63, 3.8) is 0 Å². The van der Waals surface area contributed by atoms with E-state index in [9.17, 15) is 0 Å². The third kappa shape index (κ3) is 0.887. The minimum atomic E-state index is 0.826. The van der Waals surface area contributed by atoms with Crippen LogP contribution in [-0.2, 0) is 0 Å². The average Bonchev–Trinajstić information content (AvgIpc) is 2.45. The van der Waals surface area contributed by atoms with Crippen LogP contribution in [0.4, 0.5) is 0 Å². The lowest BCUT2D eigenvalue weighted by atomic mass is 10.0. The van der Waals surface area contributed by atoms with E-state index in [0.29, 0.717) is 0 Å². The third-order valence-corrected chi connectivity index (χ3v) is 3.07. The van der Waals surface area contributed by atoms with Crippen LogP contribution >= 0.6 is 12.6 Å². The van der Waals surface area contributed by atoms with Crippen molar-refractivity contribution < 1.29 is 0 Å². The summed E-state index contributed by atoms with van der Waals surface area (Å²) in [6.45, 7) is 2.71. The lowest BCUT2D eigenvalue weighted by Gasteiger charge is -2.22. The maximum Gasteiger partial charge on any atom is 0.0187 e. The van der Waals surface area contributed by atoms with E-state index >= 15 is 0 Å². The zero-order valence-corrected chi connectivity index (χ0v) is 6.48. The molecule has 2 heteroatoms. The maximum absolute atomic E-state index is 4.31. The molecule has 0 radical (unpaired) electrons. The number of rotatable bonds is 1. The first-order chi connectivity index (χ1) is 4.40. The van der Waals surface area contributed by atoms with Gasteiger partial charge in [-0.15, -0.1) is 0 Å². The second-order valence-corrected chi connectivity index (χ2v) is 3.59. The van der Waals surface area contributed by atoms with Crippen LogP contribution in [0.3, 0.4) is 0 Å². The molecule has 52 valence electrons. The quantitative estimate of drug-likeness (QED) is 0.536. The molecule has 0 aromatic heterocycles. The Hall–Kier alpha value is 0.310. The molecule has 0 saturated carbocycles. The van der Waals surface area contributed by atoms with Crippen molar-refractivity contribution in [1.29, 1.82) is 0 Å². The molecule has 2 heterocycles. The zero-order chi connectivity index (χ0) is 6.27. The van der Waals surface area contributed by atoms with Crippen LogP contribution < -0.4 is 0 Å². The van der Waals surface area contributed by atoms with Crippen LogP contribution in [0.25, 0.3) is 0 Å². The Kier molecular flexibility index (Phi) is 1.46. The van der Waals surface area contributed by atoms with Gasteiger partial charge in [0.2, 0.25) is 0 Å². The minimum absolute atomic E-state index is 0.826. The minimum Gasteiger partial charge on any atom is -0.299 e. The van der Waals surface area contributed by atoms with Crippen LogP contribution in [-0.4, -0.2) is 29.8 Å². The maximum atomic E-state index is 4.31. The normalized spacial score (nSPS) is 48.3. The molecule has 1 nitrogen and oxygen atoms in total. The van der Waals surface area contributed by atoms with Gasteiger partial charge in [-0.2, -0.15) is 12.6 Å². The molecule has 0 aromatic carbocycles. The molecule has 0 aromatic rings. The van der Waals surface area contributed by atoms with Crippen LogP contribution in [0.1, 0.15) is 12.8 Å². The second-order valence-electron chi connectivity index (χ2n) is 3.22. The molecular weight excluding hydrogens is 130 g/mol. The molecule has 0 amide bonds. The van der Waals surface area contributed by atoms with E-state index in [0.717, 1.165) is 17.7 Å². The predicted molar refractivity (Wildman–Crippen MR) is 41.9 cm³/mol. The molecule has 2 rings (SSSR count). The molecule has 2 saturated heterocycles. The van der Waals surface area contributed by atoms with Gasteiger partial charge in [-0.05, 0) is 25.3 Å². The number of fused-ring (bicyclic) bond motifs is 2. The van der Waals surface area contributed by atoms with E-state index in [4.69, 9.17) is 0 Å². The van der Waals surface area contributed by atoms with Crippen molar-refractivity contribution in [1.82, 2.24) is 4.90 Å². The van der Waals surface area contributed by atoms with Crippen LogP contribution in [0.15, 0.2) is 0 Å². The lowest BCUT2D eigenvalue weighted by molar-refractivity contribution is 0.284. The molecular formula is C7H13NS. The van der Waals surface area contributed by atoms with Gasteiger partial charge in [-0.3, -0.25) is 4.90 Å². The van der Waals surface area contributed by atoms with Gasteiger partial charge in [0.05, 0.1) is 0 Å². The van der Waals surface area contributed by atoms with Gasteiger partial charge in [0.15, 0.2) is 0 Å². The highest BCUT2D eigenvalue weighted by molar-refractivity contribution is 7.80. The van der Waals surface area contributed by atoms with Crippen molar-refractivity contribution in [2.24, 2.45) is 5.92 Å². The van der Waals surface area contributed by atoms with E-state index in [2.05, 4.69) is 17.5 Å². The molecule has 3 unspecified atom stereocenters. The summed E-state index contributed by atoms with van der Waals surface area (Å²) >= 11 is 4.31. The standard InChI is InChI=1S/C7H13NS/c9-5-7-3-6-1-2-8(7)4-6/h6-7,9H,1-5H2. The first kappa shape index (κ1) is 6.05. The number of thiol groups is 1. The van der Waals surface area contributed by atoms with Gasteiger partial charge < -0.3 is 0 Å². The second kappa shape index (κ2) is 2.17. The first-order valence-electron chi connectivity index (χ1n) is 3.75. The van der Waals surface area contributed by atoms with Crippen molar-refractivity contribution in [3.8, 4) is 0 Å². The Labute approximate surface area is 61.8 Å². The molecule has 3 atom stereocenters. The summed E-state index contributed by atoms with van der Waals surface area (Å²) in [7, 11) is 0. The molecule has 0 spiro atoms. The molecule has 0 aliphatic carbocycles. The molecule has 9 heavy (non-hydrogen) atoms. The van der Waals surface area contributed by atoms with Crippen molar-refractivity contribution >= 4 is 12.6 Å². The van der Waals surface area contributed by atoms with E-state index in [-0.39, 0.29) is 0 Å². The average molecular weight is 143 g/mol. The highest BCUT2D eigenvalue weighted by Gasteiger charge is 2.36. The molecule has 0 N–H and O–H groups in total. The smallest absolute Gasteiger partial charge is 0.0187 e. The van der Waals surface area contributed by atoms with Gasteiger partial charge in [-0.25, -0.2) is 0 Å². The number of piperidine rings is 1. The van der Waals surface area contributed by atoms with E-state index in [1.165, 1.54) is 25.9 Å². The highest BCUT2D eigenvalue weighted by atomic mass is 32.1. The fraction of sp³-hybridized carbons (Fsp3) is 1.00. The predicted octanol–water partition coefficient (Wildman–Crippen LogP) is 1.01. The van der Waals surface area contributed by atoms with Crippen LogP contribution in [0.2, 0.25) is 0 Å². The van der Waals surface area contributed by atoms with E-state index < -0.39 is 0 Å². The summed E-state index contributed by atoms with van der Waals surface area (Å²) in [6, 6.07) is 0.826. The molecule has 2 bridgehead atoms. The Morgan fingerprint density at radius 1 is 1.56 bits per heavy atom. The fourth-order valence-corrected chi connectivity index (χ4v) is 2.49. The molecule has 2 aliphatic heterocycles. The van der Waals surface area contributed by atoms with Crippen molar-refractivity contribution in [3.05, 3.63) is 0 Å². The Bertz CT molecular complexity index is 115. The van der Waals surface area contributed by atoms with Crippen LogP contribution in [0, 0.1) is 5.92 Å². The van der Waals surface area contributed by atoms with Gasteiger partial charge >= 0.3 is 0 Å². The highest BCUT2D eigenvalue weighted by Crippen LogP contribution is 2.32. The summed E-state index contributed by atoms with van der Waals surface area (Å²) in [4.78, 5) is 2.58. The zero-order valence-electron chi connectivity index (χ0n) is 5.58. The number of nitrogens with zero attached hydrogens (tertiary/aromatic N) is 1. The fourth-order valence-electron chi connectivity index (χ4n) is 2.11. The topological polar surface area (TPSA) is 3.24 Å². The lowest BCUT2D eigenvalue weighted by Crippen LogP contribution is -2.30. The largest absolute Gasteiger partial charge is 0.299 e. The Balaban J connectivity index is 2.01. The Morgan fingerprint density at radius 3 is 2.78 bits per heavy atom. The number of hydrogen-bond donors (Lipinski definition) is 1. The monoisotopic (exact) mass is 143 g/mol. The number of hydrogen-bond acceptors (Lipinski definition) is 2. The molecule has 2 fully saturated rings. The van der Waals surface area contributed by atoms with E-state index in [1.807, 2.05) is 0 Å². The summed E-state index contributed by atoms with van der Waals surface area (Å²) in [5, 5.41) is 0. The van der Waals surface area contributed by atoms with Gasteiger partial charge in [-0.1, -0.05) is 0 Å². The summed E-state index contributed by atoms with van der Waals surface area (Å²) in [5.74, 6) is 2.10. The van der Waals surface area contributed by atoms with Crippen molar-refractivity contribution in [2.75, 3.05) is 18.8 Å². The third-order valence-electron chi connectivity index (χ3n) is 2.65. The van der Waals surface area contributed by atoms with Crippen LogP contribution in [0.5, 0.6) is 0 Å². The summed E-state index contributed by atoms with van der Waals surface area (Å²) in [5.41, 5.74) is 0. The summed E-state index contributed by atoms with van der Waals surface area (Å²) < 4.78 is 0. The SMILES string of the molecule is SCC1CC2CCN1C2. The van der Waals surface area contributed by atoms with Gasteiger partial charge in [0.1, 0.15) is 0 Å². The first-order valence-corrected chi connectivity index (χ1v) is 4.38. The Morgan fingerprint density at radius 2 is 2.44 bits per heavy atom. The van der Waals surface area contributed by atoms with Crippen molar-refractivity contribution in [2.45, 2.75) is 18.9 Å². The molecule has 2 aliphatic rings. The van der Waals surface area contributed by atoms with Gasteiger partial charge in [0, 0.05) is 18.3 Å².